The lowest BCUT2D eigenvalue weighted by Gasteiger charge is -2.15. The SMILES string of the molecule is CN(C)c1ccc(C(=O)NCC2Cc3cccc(-c4ccncc4)c3O2)cc1. The quantitative estimate of drug-likeness (QED) is 0.743. The van der Waals surface area contributed by atoms with Crippen molar-refractivity contribution in [2.75, 3.05) is 25.5 Å². The maximum Gasteiger partial charge on any atom is 0.251 e. The molecule has 1 atom stereocenters. The van der Waals surface area contributed by atoms with Crippen LogP contribution in [0.4, 0.5) is 5.69 Å². The predicted molar refractivity (Wildman–Crippen MR) is 111 cm³/mol. The summed E-state index contributed by atoms with van der Waals surface area (Å²) in [6.07, 6.45) is 4.28. The second-order valence-corrected chi connectivity index (χ2v) is 7.13. The summed E-state index contributed by atoms with van der Waals surface area (Å²) in [5.74, 6) is 0.822. The lowest BCUT2D eigenvalue weighted by Crippen LogP contribution is -2.34. The number of fused-ring (bicyclic) bond motifs is 1. The Hall–Kier alpha value is -3.34. The molecule has 0 fully saturated rings. The Balaban J connectivity index is 1.41. The molecule has 0 aliphatic carbocycles. The van der Waals surface area contributed by atoms with E-state index in [1.54, 1.807) is 12.4 Å². The Bertz CT molecular complexity index is 969. The van der Waals surface area contributed by atoms with Gasteiger partial charge in [0.2, 0.25) is 0 Å². The van der Waals surface area contributed by atoms with E-state index in [1.807, 2.05) is 61.5 Å². The molecule has 0 radical (unpaired) electrons. The van der Waals surface area contributed by atoms with Crippen LogP contribution in [0.1, 0.15) is 15.9 Å². The second-order valence-electron chi connectivity index (χ2n) is 7.13. The Labute approximate surface area is 165 Å². The van der Waals surface area contributed by atoms with Crippen LogP contribution in [0.2, 0.25) is 0 Å². The van der Waals surface area contributed by atoms with Crippen LogP contribution in [0.3, 0.4) is 0 Å². The summed E-state index contributed by atoms with van der Waals surface area (Å²) < 4.78 is 6.19. The molecule has 1 unspecified atom stereocenters. The summed E-state index contributed by atoms with van der Waals surface area (Å²) >= 11 is 0. The van der Waals surface area contributed by atoms with E-state index in [9.17, 15) is 4.79 Å². The maximum atomic E-state index is 12.5. The molecule has 5 nitrogen and oxygen atoms in total. The number of nitrogens with one attached hydrogen (secondary N) is 1. The van der Waals surface area contributed by atoms with Crippen molar-refractivity contribution in [1.29, 1.82) is 0 Å². The largest absolute Gasteiger partial charge is 0.487 e. The molecule has 0 bridgehead atoms. The molecule has 2 aromatic carbocycles. The van der Waals surface area contributed by atoms with Crippen molar-refractivity contribution in [2.45, 2.75) is 12.5 Å². The van der Waals surface area contributed by atoms with Crippen LogP contribution >= 0.6 is 0 Å². The average Bonchev–Trinajstić information content (AvgIpc) is 3.16. The molecule has 142 valence electrons. The third-order valence-electron chi connectivity index (χ3n) is 4.96. The molecule has 1 amide bonds. The van der Waals surface area contributed by atoms with E-state index in [0.29, 0.717) is 12.1 Å². The number of carbonyl (C=O) groups excluding carboxylic acids is 1. The molecule has 0 saturated carbocycles. The van der Waals surface area contributed by atoms with E-state index in [-0.39, 0.29) is 12.0 Å². The Morgan fingerprint density at radius 1 is 1.11 bits per heavy atom. The van der Waals surface area contributed by atoms with Gasteiger partial charge in [-0.25, -0.2) is 0 Å². The zero-order valence-corrected chi connectivity index (χ0v) is 16.1. The Morgan fingerprint density at radius 2 is 1.86 bits per heavy atom. The molecule has 1 aliphatic heterocycles. The van der Waals surface area contributed by atoms with Gasteiger partial charge in [0.05, 0.1) is 6.54 Å². The first-order chi connectivity index (χ1) is 13.6. The minimum absolute atomic E-state index is 0.0667. The first kappa shape index (κ1) is 18.0. The van der Waals surface area contributed by atoms with Gasteiger partial charge >= 0.3 is 0 Å². The van der Waals surface area contributed by atoms with Crippen molar-refractivity contribution in [3.63, 3.8) is 0 Å². The van der Waals surface area contributed by atoms with Gasteiger partial charge in [-0.1, -0.05) is 18.2 Å². The van der Waals surface area contributed by atoms with E-state index in [0.717, 1.165) is 29.0 Å². The van der Waals surface area contributed by atoms with Gasteiger partial charge in [0.15, 0.2) is 0 Å². The summed E-state index contributed by atoms with van der Waals surface area (Å²) in [7, 11) is 3.95. The van der Waals surface area contributed by atoms with Gasteiger partial charge in [-0.2, -0.15) is 0 Å². The van der Waals surface area contributed by atoms with Gasteiger partial charge in [0.25, 0.3) is 5.91 Å². The molecule has 1 aliphatic rings. The Kier molecular flexibility index (Phi) is 4.98. The van der Waals surface area contributed by atoms with Gasteiger partial charge in [-0.15, -0.1) is 0 Å². The standard InChI is InChI=1S/C23H23N3O2/c1-26(2)19-8-6-17(7-9-19)23(27)25-15-20-14-18-4-3-5-21(22(18)28-20)16-10-12-24-13-11-16/h3-13,20H,14-15H2,1-2H3,(H,25,27). The van der Waals surface area contributed by atoms with Gasteiger partial charge < -0.3 is 15.0 Å². The highest BCUT2D eigenvalue weighted by molar-refractivity contribution is 5.94. The first-order valence-electron chi connectivity index (χ1n) is 9.36. The van der Waals surface area contributed by atoms with Crippen molar-refractivity contribution in [3.05, 3.63) is 78.1 Å². The molecule has 28 heavy (non-hydrogen) atoms. The van der Waals surface area contributed by atoms with Gasteiger partial charge in [0, 0.05) is 49.7 Å². The number of aromatic nitrogens is 1. The van der Waals surface area contributed by atoms with Crippen LogP contribution in [0.25, 0.3) is 11.1 Å². The number of hydrogen-bond donors (Lipinski definition) is 1. The molecule has 2 heterocycles. The number of anilines is 1. The number of ether oxygens (including phenoxy) is 1. The predicted octanol–water partition coefficient (Wildman–Crippen LogP) is 3.55. The summed E-state index contributed by atoms with van der Waals surface area (Å²) in [4.78, 5) is 18.5. The van der Waals surface area contributed by atoms with Crippen molar-refractivity contribution < 1.29 is 9.53 Å². The molecule has 0 saturated heterocycles. The molecular weight excluding hydrogens is 350 g/mol. The van der Waals surface area contributed by atoms with Gasteiger partial charge in [0.1, 0.15) is 11.9 Å². The number of carbonyl (C=O) groups is 1. The van der Waals surface area contributed by atoms with Crippen LogP contribution in [0, 0.1) is 0 Å². The summed E-state index contributed by atoms with van der Waals surface area (Å²) in [6.45, 7) is 0.471. The highest BCUT2D eigenvalue weighted by Crippen LogP contribution is 2.38. The number of hydrogen-bond acceptors (Lipinski definition) is 4. The highest BCUT2D eigenvalue weighted by Gasteiger charge is 2.26. The third-order valence-corrected chi connectivity index (χ3v) is 4.96. The fraction of sp³-hybridized carbons (Fsp3) is 0.217. The van der Waals surface area contributed by atoms with E-state index in [4.69, 9.17) is 4.74 Å². The van der Waals surface area contributed by atoms with Crippen LogP contribution in [-0.4, -0.2) is 37.6 Å². The Morgan fingerprint density at radius 3 is 2.57 bits per heavy atom. The zero-order valence-electron chi connectivity index (χ0n) is 16.1. The van der Waals surface area contributed by atoms with Crippen molar-refractivity contribution in [1.82, 2.24) is 10.3 Å². The van der Waals surface area contributed by atoms with Crippen LogP contribution in [-0.2, 0) is 6.42 Å². The van der Waals surface area contributed by atoms with E-state index in [2.05, 4.69) is 22.4 Å². The fourth-order valence-corrected chi connectivity index (χ4v) is 3.43. The molecule has 3 aromatic rings. The lowest BCUT2D eigenvalue weighted by molar-refractivity contribution is 0.0933. The number of amides is 1. The smallest absolute Gasteiger partial charge is 0.251 e. The van der Waals surface area contributed by atoms with Crippen LogP contribution < -0.4 is 15.0 Å². The average molecular weight is 373 g/mol. The molecule has 1 N–H and O–H groups in total. The van der Waals surface area contributed by atoms with Crippen LogP contribution in [0.15, 0.2) is 67.0 Å². The number of para-hydroxylation sites is 1. The van der Waals surface area contributed by atoms with E-state index >= 15 is 0 Å². The summed E-state index contributed by atoms with van der Waals surface area (Å²) in [5, 5.41) is 3.00. The molecular formula is C23H23N3O2. The lowest BCUT2D eigenvalue weighted by atomic mass is 10.0. The van der Waals surface area contributed by atoms with Crippen molar-refractivity contribution >= 4 is 11.6 Å². The monoisotopic (exact) mass is 373 g/mol. The fourth-order valence-electron chi connectivity index (χ4n) is 3.43. The highest BCUT2D eigenvalue weighted by atomic mass is 16.5. The number of pyridine rings is 1. The summed E-state index contributed by atoms with van der Waals surface area (Å²) in [5.41, 5.74) is 5.03. The molecule has 5 heteroatoms. The van der Waals surface area contributed by atoms with Gasteiger partial charge in [-0.05, 0) is 47.5 Å². The summed E-state index contributed by atoms with van der Waals surface area (Å²) in [6, 6.07) is 17.7. The minimum atomic E-state index is -0.0841. The van der Waals surface area contributed by atoms with E-state index < -0.39 is 0 Å². The number of rotatable bonds is 5. The third kappa shape index (κ3) is 3.69. The molecule has 4 rings (SSSR count). The van der Waals surface area contributed by atoms with Crippen molar-refractivity contribution in [2.24, 2.45) is 0 Å². The van der Waals surface area contributed by atoms with Crippen LogP contribution in [0.5, 0.6) is 5.75 Å². The normalized spacial score (nSPS) is 14.9. The number of benzene rings is 2. The zero-order chi connectivity index (χ0) is 19.5. The maximum absolute atomic E-state index is 12.5. The topological polar surface area (TPSA) is 54.5 Å². The molecule has 0 spiro atoms. The van der Waals surface area contributed by atoms with E-state index in [1.165, 1.54) is 5.56 Å². The minimum Gasteiger partial charge on any atom is -0.487 e. The molecule has 1 aromatic heterocycles. The number of nitrogens with zero attached hydrogens (tertiary/aromatic N) is 2. The van der Waals surface area contributed by atoms with Crippen molar-refractivity contribution in [3.8, 4) is 16.9 Å². The van der Waals surface area contributed by atoms with Gasteiger partial charge in [-0.3, -0.25) is 9.78 Å². The second kappa shape index (κ2) is 7.72. The first-order valence-corrected chi connectivity index (χ1v) is 9.36.